The van der Waals surface area contributed by atoms with Crippen LogP contribution in [0.2, 0.25) is 0 Å². The summed E-state index contributed by atoms with van der Waals surface area (Å²) in [6.45, 7) is 16.8. The lowest BCUT2D eigenvalue weighted by atomic mass is 10.0. The van der Waals surface area contributed by atoms with Gasteiger partial charge in [-0.3, -0.25) is 4.90 Å². The fraction of sp³-hybridized carbons (Fsp3) is 0.812. The van der Waals surface area contributed by atoms with Crippen molar-refractivity contribution in [3.8, 4) is 0 Å². The molecule has 120 valence electrons. The van der Waals surface area contributed by atoms with Crippen LogP contribution in [0.1, 0.15) is 42.4 Å². The summed E-state index contributed by atoms with van der Waals surface area (Å²) in [6, 6.07) is 0.321. The lowest BCUT2D eigenvalue weighted by Crippen LogP contribution is -2.57. The average Bonchev–Trinajstić information content (AvgIpc) is 2.76. The number of piperazine rings is 1. The van der Waals surface area contributed by atoms with Crippen molar-refractivity contribution >= 4 is 11.3 Å². The lowest BCUT2D eigenvalue weighted by Gasteiger charge is -2.43. The molecule has 0 bridgehead atoms. The molecule has 1 aromatic heterocycles. The second kappa shape index (κ2) is 6.73. The van der Waals surface area contributed by atoms with Crippen LogP contribution in [-0.2, 0) is 0 Å². The molecular formula is C16H30N4S. The first-order chi connectivity index (χ1) is 9.79. The molecule has 0 aliphatic carbocycles. The van der Waals surface area contributed by atoms with Gasteiger partial charge in [0.1, 0.15) is 0 Å². The topological polar surface area (TPSA) is 31.4 Å². The molecule has 1 aliphatic rings. The average molecular weight is 311 g/mol. The number of nitrogens with zero attached hydrogens (tertiary/aromatic N) is 3. The van der Waals surface area contributed by atoms with Crippen LogP contribution in [0.15, 0.2) is 0 Å². The fourth-order valence-electron chi connectivity index (χ4n) is 2.97. The maximum absolute atomic E-state index is 4.67. The molecule has 1 aromatic rings. The van der Waals surface area contributed by atoms with Crippen LogP contribution in [0.3, 0.4) is 0 Å². The second-order valence-corrected chi connectivity index (χ2v) is 8.29. The standard InChI is InChI=1S/C16H30N4S/c1-12(15-13(2)21-14(3)18-15)17-11-16(4,5)20-9-7-19(6)8-10-20/h12,17H,7-11H2,1-6H3. The number of nitrogens with one attached hydrogen (secondary N) is 1. The Balaban J connectivity index is 1.90. The first kappa shape index (κ1) is 16.9. The molecule has 0 amide bonds. The lowest BCUT2D eigenvalue weighted by molar-refractivity contribution is 0.0604. The third kappa shape index (κ3) is 4.25. The number of likely N-dealkylation sites (N-methyl/N-ethyl adjacent to an activating group) is 1. The predicted octanol–water partition coefficient (Wildman–Crippen LogP) is 2.44. The summed E-state index contributed by atoms with van der Waals surface area (Å²) in [5.74, 6) is 0. The van der Waals surface area contributed by atoms with Crippen molar-refractivity contribution in [3.05, 3.63) is 15.6 Å². The van der Waals surface area contributed by atoms with Gasteiger partial charge in [0, 0.05) is 49.2 Å². The number of hydrogen-bond donors (Lipinski definition) is 1. The molecule has 1 unspecified atom stereocenters. The number of thiazole rings is 1. The van der Waals surface area contributed by atoms with Crippen LogP contribution < -0.4 is 5.32 Å². The zero-order chi connectivity index (χ0) is 15.6. The Morgan fingerprint density at radius 1 is 1.24 bits per heavy atom. The van der Waals surface area contributed by atoms with Crippen molar-refractivity contribution in [2.75, 3.05) is 39.8 Å². The van der Waals surface area contributed by atoms with E-state index >= 15 is 0 Å². The first-order valence-corrected chi connectivity index (χ1v) is 8.72. The maximum Gasteiger partial charge on any atom is 0.0900 e. The molecule has 4 nitrogen and oxygen atoms in total. The van der Waals surface area contributed by atoms with E-state index in [1.54, 1.807) is 11.3 Å². The minimum Gasteiger partial charge on any atom is -0.307 e. The highest BCUT2D eigenvalue weighted by atomic mass is 32.1. The molecule has 1 N–H and O–H groups in total. The van der Waals surface area contributed by atoms with Gasteiger partial charge >= 0.3 is 0 Å². The minimum atomic E-state index is 0.189. The van der Waals surface area contributed by atoms with Crippen molar-refractivity contribution in [2.45, 2.75) is 46.2 Å². The summed E-state index contributed by atoms with van der Waals surface area (Å²) in [6.07, 6.45) is 0. The highest BCUT2D eigenvalue weighted by Crippen LogP contribution is 2.23. The Labute approximate surface area is 133 Å². The fourth-order valence-corrected chi connectivity index (χ4v) is 3.88. The molecule has 1 saturated heterocycles. The Kier molecular flexibility index (Phi) is 5.41. The normalized spacial score (nSPS) is 19.9. The molecule has 0 aromatic carbocycles. The van der Waals surface area contributed by atoms with E-state index in [1.165, 1.54) is 23.7 Å². The largest absolute Gasteiger partial charge is 0.307 e. The summed E-state index contributed by atoms with van der Waals surface area (Å²) in [5.41, 5.74) is 1.40. The van der Waals surface area contributed by atoms with Crippen molar-refractivity contribution in [2.24, 2.45) is 0 Å². The monoisotopic (exact) mass is 310 g/mol. The second-order valence-electron chi connectivity index (χ2n) is 6.88. The van der Waals surface area contributed by atoms with Crippen molar-refractivity contribution in [3.63, 3.8) is 0 Å². The van der Waals surface area contributed by atoms with Crippen LogP contribution in [0.25, 0.3) is 0 Å². The highest BCUT2D eigenvalue weighted by molar-refractivity contribution is 7.11. The predicted molar refractivity (Wildman–Crippen MR) is 91.2 cm³/mol. The van der Waals surface area contributed by atoms with E-state index in [-0.39, 0.29) is 5.54 Å². The summed E-state index contributed by atoms with van der Waals surface area (Å²) in [5, 5.41) is 4.85. The summed E-state index contributed by atoms with van der Waals surface area (Å²) in [4.78, 5) is 11.0. The summed E-state index contributed by atoms with van der Waals surface area (Å²) < 4.78 is 0. The Morgan fingerprint density at radius 2 is 1.86 bits per heavy atom. The molecule has 5 heteroatoms. The molecule has 0 radical (unpaired) electrons. The van der Waals surface area contributed by atoms with Gasteiger partial charge < -0.3 is 10.2 Å². The zero-order valence-electron chi connectivity index (χ0n) is 14.4. The van der Waals surface area contributed by atoms with Crippen LogP contribution in [-0.4, -0.2) is 60.1 Å². The zero-order valence-corrected chi connectivity index (χ0v) is 15.2. The van der Waals surface area contributed by atoms with Gasteiger partial charge in [-0.15, -0.1) is 11.3 Å². The third-order valence-corrected chi connectivity index (χ3v) is 5.45. The van der Waals surface area contributed by atoms with E-state index in [0.29, 0.717) is 6.04 Å². The number of aryl methyl sites for hydroxylation is 2. The van der Waals surface area contributed by atoms with E-state index in [0.717, 1.165) is 24.6 Å². The van der Waals surface area contributed by atoms with E-state index in [1.807, 2.05) is 0 Å². The van der Waals surface area contributed by atoms with Gasteiger partial charge in [0.25, 0.3) is 0 Å². The molecule has 1 atom stereocenters. The summed E-state index contributed by atoms with van der Waals surface area (Å²) >= 11 is 1.79. The van der Waals surface area contributed by atoms with E-state index < -0.39 is 0 Å². The maximum atomic E-state index is 4.67. The van der Waals surface area contributed by atoms with Gasteiger partial charge in [-0.1, -0.05) is 0 Å². The molecule has 1 fully saturated rings. The quantitative estimate of drug-likeness (QED) is 0.905. The first-order valence-electron chi connectivity index (χ1n) is 7.90. The molecule has 2 rings (SSSR count). The van der Waals surface area contributed by atoms with Gasteiger partial charge in [-0.25, -0.2) is 4.98 Å². The van der Waals surface area contributed by atoms with Gasteiger partial charge in [0.05, 0.1) is 10.7 Å². The van der Waals surface area contributed by atoms with Crippen LogP contribution in [0.4, 0.5) is 0 Å². The molecule has 2 heterocycles. The van der Waals surface area contributed by atoms with Gasteiger partial charge in [-0.05, 0) is 41.7 Å². The SMILES string of the molecule is Cc1nc(C(C)NCC(C)(C)N2CCN(C)CC2)c(C)s1. The van der Waals surface area contributed by atoms with Crippen molar-refractivity contribution in [1.29, 1.82) is 0 Å². The molecule has 21 heavy (non-hydrogen) atoms. The van der Waals surface area contributed by atoms with Gasteiger partial charge in [0.15, 0.2) is 0 Å². The minimum absolute atomic E-state index is 0.189. The van der Waals surface area contributed by atoms with E-state index in [2.05, 4.69) is 61.8 Å². The van der Waals surface area contributed by atoms with E-state index in [9.17, 15) is 0 Å². The number of rotatable bonds is 5. The molecule has 0 saturated carbocycles. The molecule has 0 spiro atoms. The number of hydrogen-bond acceptors (Lipinski definition) is 5. The van der Waals surface area contributed by atoms with Gasteiger partial charge in [0.2, 0.25) is 0 Å². The van der Waals surface area contributed by atoms with Crippen molar-refractivity contribution < 1.29 is 0 Å². The summed E-state index contributed by atoms with van der Waals surface area (Å²) in [7, 11) is 2.21. The molecular weight excluding hydrogens is 280 g/mol. The van der Waals surface area contributed by atoms with Gasteiger partial charge in [-0.2, -0.15) is 0 Å². The Hall–Kier alpha value is -0.490. The number of aromatic nitrogens is 1. The Bertz CT molecular complexity index is 461. The van der Waals surface area contributed by atoms with Crippen molar-refractivity contribution in [1.82, 2.24) is 20.1 Å². The highest BCUT2D eigenvalue weighted by Gasteiger charge is 2.29. The van der Waals surface area contributed by atoms with Crippen LogP contribution in [0, 0.1) is 13.8 Å². The van der Waals surface area contributed by atoms with Crippen LogP contribution >= 0.6 is 11.3 Å². The van der Waals surface area contributed by atoms with E-state index in [4.69, 9.17) is 0 Å². The molecule has 1 aliphatic heterocycles. The van der Waals surface area contributed by atoms with Crippen LogP contribution in [0.5, 0.6) is 0 Å². The smallest absolute Gasteiger partial charge is 0.0900 e. The Morgan fingerprint density at radius 3 is 2.38 bits per heavy atom. The third-order valence-electron chi connectivity index (χ3n) is 4.55.